The van der Waals surface area contributed by atoms with Gasteiger partial charge >= 0.3 is 0 Å². The number of hydrogen-bond acceptors (Lipinski definition) is 2. The van der Waals surface area contributed by atoms with Gasteiger partial charge < -0.3 is 11.5 Å². The second-order valence-corrected chi connectivity index (χ2v) is 16.4. The molecule has 0 fully saturated rings. The van der Waals surface area contributed by atoms with Crippen molar-refractivity contribution in [1.82, 2.24) is 0 Å². The molecule has 0 atom stereocenters. The molecule has 0 spiro atoms. The number of aryl methyl sites for hydroxylation is 4. The highest BCUT2D eigenvalue weighted by Gasteiger charge is 2.05. The molecular formula is C52H76N2. The second kappa shape index (κ2) is 26.3. The van der Waals surface area contributed by atoms with Crippen LogP contribution in [0.4, 0.5) is 11.4 Å². The molecule has 2 heteroatoms. The zero-order valence-corrected chi connectivity index (χ0v) is 34.6. The third-order valence-corrected chi connectivity index (χ3v) is 11.5. The van der Waals surface area contributed by atoms with E-state index in [2.05, 4.69) is 98.8 Å². The summed E-state index contributed by atoms with van der Waals surface area (Å²) in [5.41, 5.74) is 25.3. The van der Waals surface area contributed by atoms with E-state index < -0.39 is 0 Å². The van der Waals surface area contributed by atoms with Gasteiger partial charge in [0.15, 0.2) is 0 Å². The van der Waals surface area contributed by atoms with E-state index in [9.17, 15) is 0 Å². The van der Waals surface area contributed by atoms with Crippen LogP contribution in [-0.4, -0.2) is 0 Å². The normalized spacial score (nSPS) is 11.4. The monoisotopic (exact) mass is 729 g/mol. The summed E-state index contributed by atoms with van der Waals surface area (Å²) in [6.07, 6.45) is 34.2. The van der Waals surface area contributed by atoms with Gasteiger partial charge in [-0.15, -0.1) is 0 Å². The molecule has 0 amide bonds. The van der Waals surface area contributed by atoms with E-state index in [0.29, 0.717) is 0 Å². The minimum Gasteiger partial charge on any atom is -0.399 e. The molecular weight excluding hydrogens is 653 g/mol. The van der Waals surface area contributed by atoms with Crippen molar-refractivity contribution in [3.05, 3.63) is 129 Å². The largest absolute Gasteiger partial charge is 0.399 e. The van der Waals surface area contributed by atoms with Crippen LogP contribution in [0.1, 0.15) is 187 Å². The third kappa shape index (κ3) is 17.3. The van der Waals surface area contributed by atoms with Gasteiger partial charge in [0, 0.05) is 11.4 Å². The van der Waals surface area contributed by atoms with Gasteiger partial charge in [0.2, 0.25) is 0 Å². The van der Waals surface area contributed by atoms with Crippen molar-refractivity contribution >= 4 is 11.4 Å². The summed E-state index contributed by atoms with van der Waals surface area (Å²) in [5, 5.41) is 0. The van der Waals surface area contributed by atoms with Crippen LogP contribution >= 0.6 is 0 Å². The van der Waals surface area contributed by atoms with Crippen molar-refractivity contribution in [2.45, 2.75) is 181 Å². The number of benzene rings is 4. The summed E-state index contributed by atoms with van der Waals surface area (Å²) in [4.78, 5) is 0. The number of nitrogens with two attached hydrogens (primary N) is 2. The van der Waals surface area contributed by atoms with E-state index in [1.807, 2.05) is 0 Å². The maximum atomic E-state index is 6.16. The molecule has 0 saturated carbocycles. The van der Waals surface area contributed by atoms with E-state index in [1.165, 1.54) is 173 Å². The highest BCUT2D eigenvalue weighted by molar-refractivity contribution is 5.50. The van der Waals surface area contributed by atoms with Gasteiger partial charge in [0.05, 0.1) is 0 Å². The predicted octanol–water partition coefficient (Wildman–Crippen LogP) is 14.7. The standard InChI is InChI=1S/C52H76N2/c1-3-23-49-41-47(35-37-51(49)53)39-45-31-27-43(28-32-45)25-21-19-17-15-13-11-9-7-5-6-8-10-12-14-16-18-20-22-26-44-29-33-46(34-30-44)40-48-36-38-52(54)50(42-48)24-4-2/h27-38,41-42H,3-26,39-40,53-54H2,1-2H3. The highest BCUT2D eigenvalue weighted by atomic mass is 14.6. The number of unbranched alkanes of at least 4 members (excludes halogenated alkanes) is 17. The smallest absolute Gasteiger partial charge is 0.0346 e. The van der Waals surface area contributed by atoms with E-state index in [0.717, 1.165) is 49.9 Å². The van der Waals surface area contributed by atoms with Gasteiger partial charge in [-0.2, -0.15) is 0 Å². The first-order chi connectivity index (χ1) is 26.5. The lowest BCUT2D eigenvalue weighted by Crippen LogP contribution is -1.97. The summed E-state index contributed by atoms with van der Waals surface area (Å²) in [5.74, 6) is 0. The van der Waals surface area contributed by atoms with E-state index >= 15 is 0 Å². The number of rotatable bonds is 29. The maximum Gasteiger partial charge on any atom is 0.0346 e. The molecule has 0 saturated heterocycles. The predicted molar refractivity (Wildman–Crippen MR) is 239 cm³/mol. The Hall–Kier alpha value is -3.52. The molecule has 0 aliphatic carbocycles. The lowest BCUT2D eigenvalue weighted by molar-refractivity contribution is 0.524. The van der Waals surface area contributed by atoms with Crippen LogP contribution in [0.3, 0.4) is 0 Å². The average Bonchev–Trinajstić information content (AvgIpc) is 3.18. The van der Waals surface area contributed by atoms with E-state index in [4.69, 9.17) is 11.5 Å². The molecule has 0 unspecified atom stereocenters. The van der Waals surface area contributed by atoms with E-state index in [1.54, 1.807) is 0 Å². The molecule has 294 valence electrons. The van der Waals surface area contributed by atoms with Crippen molar-refractivity contribution in [3.63, 3.8) is 0 Å². The van der Waals surface area contributed by atoms with Crippen LogP contribution in [0.5, 0.6) is 0 Å². The Kier molecular flexibility index (Phi) is 21.1. The fraction of sp³-hybridized carbons (Fsp3) is 0.538. The molecule has 4 aromatic carbocycles. The number of anilines is 2. The van der Waals surface area contributed by atoms with Gasteiger partial charge in [-0.25, -0.2) is 0 Å². The molecule has 0 aliphatic rings. The second-order valence-electron chi connectivity index (χ2n) is 16.4. The van der Waals surface area contributed by atoms with Crippen molar-refractivity contribution in [3.8, 4) is 0 Å². The van der Waals surface area contributed by atoms with Gasteiger partial charge in [-0.3, -0.25) is 0 Å². The van der Waals surface area contributed by atoms with Crippen LogP contribution in [0.25, 0.3) is 0 Å². The summed E-state index contributed by atoms with van der Waals surface area (Å²) < 4.78 is 0. The molecule has 0 bridgehead atoms. The topological polar surface area (TPSA) is 52.0 Å². The highest BCUT2D eigenvalue weighted by Crippen LogP contribution is 2.22. The number of hydrogen-bond donors (Lipinski definition) is 2. The quantitative estimate of drug-likeness (QED) is 0.0432. The van der Waals surface area contributed by atoms with Crippen molar-refractivity contribution in [2.24, 2.45) is 0 Å². The summed E-state index contributed by atoms with van der Waals surface area (Å²) in [6, 6.07) is 31.8. The third-order valence-electron chi connectivity index (χ3n) is 11.5. The molecule has 4 N–H and O–H groups in total. The fourth-order valence-corrected chi connectivity index (χ4v) is 8.12. The molecule has 54 heavy (non-hydrogen) atoms. The fourth-order valence-electron chi connectivity index (χ4n) is 8.12. The summed E-state index contributed by atoms with van der Waals surface area (Å²) in [6.45, 7) is 4.43. The van der Waals surface area contributed by atoms with Crippen molar-refractivity contribution < 1.29 is 0 Å². The summed E-state index contributed by atoms with van der Waals surface area (Å²) in [7, 11) is 0. The zero-order valence-electron chi connectivity index (χ0n) is 34.6. The molecule has 4 aromatic rings. The Balaban J connectivity index is 0.882. The van der Waals surface area contributed by atoms with Crippen LogP contribution in [0.15, 0.2) is 84.9 Å². The van der Waals surface area contributed by atoms with Gasteiger partial charge in [0.25, 0.3) is 0 Å². The molecule has 0 aliphatic heterocycles. The van der Waals surface area contributed by atoms with Crippen LogP contribution in [0, 0.1) is 0 Å². The van der Waals surface area contributed by atoms with Gasteiger partial charge in [0.1, 0.15) is 0 Å². The zero-order chi connectivity index (χ0) is 38.1. The first kappa shape index (κ1) is 43.2. The molecule has 0 heterocycles. The van der Waals surface area contributed by atoms with Gasteiger partial charge in [-0.1, -0.05) is 202 Å². The van der Waals surface area contributed by atoms with Crippen LogP contribution in [-0.2, 0) is 38.5 Å². The Labute approximate surface area is 332 Å². The maximum absolute atomic E-state index is 6.16. The Morgan fingerprint density at radius 3 is 0.852 bits per heavy atom. The van der Waals surface area contributed by atoms with Gasteiger partial charge in [-0.05, 0) is 108 Å². The van der Waals surface area contributed by atoms with Crippen molar-refractivity contribution in [2.75, 3.05) is 11.5 Å². The molecule has 0 radical (unpaired) electrons. The van der Waals surface area contributed by atoms with Crippen LogP contribution in [0.2, 0.25) is 0 Å². The Morgan fingerprint density at radius 1 is 0.296 bits per heavy atom. The minimum atomic E-state index is 0.933. The minimum absolute atomic E-state index is 0.933. The first-order valence-electron chi connectivity index (χ1n) is 22.4. The average molecular weight is 729 g/mol. The number of nitrogen functional groups attached to an aromatic ring is 2. The Morgan fingerprint density at radius 2 is 0.556 bits per heavy atom. The lowest BCUT2D eigenvalue weighted by Gasteiger charge is -2.09. The molecule has 4 rings (SSSR count). The van der Waals surface area contributed by atoms with Crippen molar-refractivity contribution in [1.29, 1.82) is 0 Å². The summed E-state index contributed by atoms with van der Waals surface area (Å²) >= 11 is 0. The SMILES string of the molecule is CCCc1cc(Cc2ccc(CCCCCCCCCCCCCCCCCCCCc3ccc(Cc4ccc(N)c(CCC)c4)cc3)cc2)ccc1N. The first-order valence-corrected chi connectivity index (χ1v) is 22.4. The molecule has 2 nitrogen and oxygen atoms in total. The molecule has 0 aromatic heterocycles. The Bertz CT molecular complexity index is 1430. The van der Waals surface area contributed by atoms with E-state index in [-0.39, 0.29) is 0 Å². The van der Waals surface area contributed by atoms with Crippen LogP contribution < -0.4 is 11.5 Å². The lowest BCUT2D eigenvalue weighted by atomic mass is 9.98.